The second kappa shape index (κ2) is 6.33. The van der Waals surface area contributed by atoms with Crippen LogP contribution in [-0.2, 0) is 4.79 Å². The van der Waals surface area contributed by atoms with Gasteiger partial charge < -0.3 is 0 Å². The normalized spacial score (nSPS) is 14.1. The quantitative estimate of drug-likeness (QED) is 0.789. The van der Waals surface area contributed by atoms with Crippen molar-refractivity contribution in [2.45, 2.75) is 32.7 Å². The summed E-state index contributed by atoms with van der Waals surface area (Å²) in [5, 5.41) is 0. The molecule has 1 aromatic carbocycles. The van der Waals surface area contributed by atoms with Gasteiger partial charge in [-0.15, -0.1) is 0 Å². The summed E-state index contributed by atoms with van der Waals surface area (Å²) in [7, 11) is 0. The predicted octanol–water partition coefficient (Wildman–Crippen LogP) is 3.34. The highest BCUT2D eigenvalue weighted by atomic mass is 16.2. The van der Waals surface area contributed by atoms with E-state index in [2.05, 4.69) is 0 Å². The first kappa shape index (κ1) is 14.3. The average molecular weight is 269 g/mol. The third-order valence-electron chi connectivity index (χ3n) is 3.22. The minimum Gasteiger partial charge on any atom is -0.272 e. The fourth-order valence-electron chi connectivity index (χ4n) is 2.19. The Morgan fingerprint density at radius 1 is 1.05 bits per heavy atom. The summed E-state index contributed by atoms with van der Waals surface area (Å²) in [6, 6.07) is 8.74. The second-order valence-electron chi connectivity index (χ2n) is 5.08. The molecule has 1 aliphatic rings. The lowest BCUT2D eigenvalue weighted by atomic mass is 10.0. The van der Waals surface area contributed by atoms with E-state index in [0.29, 0.717) is 11.1 Å². The van der Waals surface area contributed by atoms with Crippen molar-refractivity contribution in [1.82, 2.24) is 4.90 Å². The average Bonchev–Trinajstić information content (AvgIpc) is 2.48. The van der Waals surface area contributed by atoms with Crippen LogP contribution in [0.3, 0.4) is 0 Å². The maximum atomic E-state index is 12.5. The molecule has 0 N–H and O–H groups in total. The van der Waals surface area contributed by atoms with Gasteiger partial charge in [0.05, 0.1) is 0 Å². The van der Waals surface area contributed by atoms with Gasteiger partial charge in [-0.3, -0.25) is 14.5 Å². The summed E-state index contributed by atoms with van der Waals surface area (Å²) in [6.45, 7) is 3.71. The molecule has 0 bridgehead atoms. The Labute approximate surface area is 119 Å². The summed E-state index contributed by atoms with van der Waals surface area (Å²) in [6.07, 6.45) is 7.47. The summed E-state index contributed by atoms with van der Waals surface area (Å²) in [5.41, 5.74) is 1.14. The van der Waals surface area contributed by atoms with E-state index in [-0.39, 0.29) is 17.9 Å². The molecule has 2 amide bonds. The van der Waals surface area contributed by atoms with Gasteiger partial charge in [-0.05, 0) is 38.8 Å². The van der Waals surface area contributed by atoms with Crippen LogP contribution in [0.5, 0.6) is 0 Å². The van der Waals surface area contributed by atoms with Gasteiger partial charge in [0.25, 0.3) is 11.8 Å². The van der Waals surface area contributed by atoms with Crippen molar-refractivity contribution in [1.29, 1.82) is 0 Å². The molecule has 0 heterocycles. The smallest absolute Gasteiger partial charge is 0.260 e. The molecule has 0 aromatic heterocycles. The van der Waals surface area contributed by atoms with Crippen molar-refractivity contribution in [3.8, 4) is 0 Å². The Bertz CT molecular complexity index is 556. The van der Waals surface area contributed by atoms with E-state index in [1.165, 1.54) is 4.90 Å². The van der Waals surface area contributed by atoms with Crippen molar-refractivity contribution in [2.24, 2.45) is 0 Å². The highest BCUT2D eigenvalue weighted by Gasteiger charge is 2.27. The van der Waals surface area contributed by atoms with Crippen LogP contribution in [0.4, 0.5) is 0 Å². The standard InChI is InChI=1S/C17H19NO2/c1-13(2)18(16(19)14-9-5-3-6-10-14)17(20)15-11-7-4-8-12-15/h3,5-7,9-13H,4,8H2,1-2H3. The van der Waals surface area contributed by atoms with Crippen LogP contribution < -0.4 is 0 Å². The van der Waals surface area contributed by atoms with Gasteiger partial charge in [0, 0.05) is 17.2 Å². The maximum absolute atomic E-state index is 12.5. The molecule has 0 spiro atoms. The monoisotopic (exact) mass is 269 g/mol. The molecule has 3 nitrogen and oxygen atoms in total. The SMILES string of the molecule is CC(C)N(C(=O)C1=CCCC=C1)C(=O)c1ccccc1. The number of imide groups is 1. The topological polar surface area (TPSA) is 37.4 Å². The van der Waals surface area contributed by atoms with Crippen LogP contribution in [0.1, 0.15) is 37.0 Å². The van der Waals surface area contributed by atoms with Gasteiger partial charge in [-0.1, -0.05) is 36.4 Å². The zero-order chi connectivity index (χ0) is 14.5. The van der Waals surface area contributed by atoms with Crippen molar-refractivity contribution in [3.63, 3.8) is 0 Å². The van der Waals surface area contributed by atoms with Crippen LogP contribution in [0, 0.1) is 0 Å². The first-order valence-electron chi connectivity index (χ1n) is 6.91. The number of rotatable bonds is 3. The molecule has 104 valence electrons. The molecule has 2 rings (SSSR count). The number of benzene rings is 1. The lowest BCUT2D eigenvalue weighted by Gasteiger charge is -2.26. The highest BCUT2D eigenvalue weighted by Crippen LogP contribution is 2.17. The summed E-state index contributed by atoms with van der Waals surface area (Å²) >= 11 is 0. The van der Waals surface area contributed by atoms with Gasteiger partial charge >= 0.3 is 0 Å². The summed E-state index contributed by atoms with van der Waals surface area (Å²) in [5.74, 6) is -0.463. The zero-order valence-electron chi connectivity index (χ0n) is 11.9. The highest BCUT2D eigenvalue weighted by molar-refractivity contribution is 6.11. The summed E-state index contributed by atoms with van der Waals surface area (Å²) in [4.78, 5) is 26.4. The maximum Gasteiger partial charge on any atom is 0.260 e. The summed E-state index contributed by atoms with van der Waals surface area (Å²) < 4.78 is 0. The molecule has 0 radical (unpaired) electrons. The number of carbonyl (C=O) groups excluding carboxylic acids is 2. The zero-order valence-corrected chi connectivity index (χ0v) is 11.9. The van der Waals surface area contributed by atoms with E-state index in [0.717, 1.165) is 12.8 Å². The predicted molar refractivity (Wildman–Crippen MR) is 79.2 cm³/mol. The van der Waals surface area contributed by atoms with Gasteiger partial charge in [-0.2, -0.15) is 0 Å². The fraction of sp³-hybridized carbons (Fsp3) is 0.294. The number of hydrogen-bond donors (Lipinski definition) is 0. The molecule has 1 aromatic rings. The van der Waals surface area contributed by atoms with Crippen LogP contribution in [-0.4, -0.2) is 22.8 Å². The van der Waals surface area contributed by atoms with Gasteiger partial charge in [0.1, 0.15) is 0 Å². The minimum absolute atomic E-state index is 0.175. The van der Waals surface area contributed by atoms with Crippen molar-refractivity contribution >= 4 is 11.8 Å². The van der Waals surface area contributed by atoms with Crippen molar-refractivity contribution in [2.75, 3.05) is 0 Å². The van der Waals surface area contributed by atoms with Gasteiger partial charge in [0.15, 0.2) is 0 Å². The Morgan fingerprint density at radius 3 is 2.30 bits per heavy atom. The Morgan fingerprint density at radius 2 is 1.75 bits per heavy atom. The van der Waals surface area contributed by atoms with Crippen LogP contribution in [0.2, 0.25) is 0 Å². The fourth-order valence-corrected chi connectivity index (χ4v) is 2.19. The Hall–Kier alpha value is -2.16. The molecule has 0 atom stereocenters. The number of nitrogens with zero attached hydrogens (tertiary/aromatic N) is 1. The molecule has 1 aliphatic carbocycles. The molecule has 0 saturated carbocycles. The number of allylic oxidation sites excluding steroid dienone is 2. The first-order valence-corrected chi connectivity index (χ1v) is 6.91. The third kappa shape index (κ3) is 3.05. The van der Waals surface area contributed by atoms with E-state index in [1.54, 1.807) is 30.3 Å². The molecule has 0 fully saturated rings. The molecule has 0 unspecified atom stereocenters. The van der Waals surface area contributed by atoms with Crippen molar-refractivity contribution < 1.29 is 9.59 Å². The van der Waals surface area contributed by atoms with E-state index < -0.39 is 0 Å². The number of carbonyl (C=O) groups is 2. The second-order valence-corrected chi connectivity index (χ2v) is 5.08. The van der Waals surface area contributed by atoms with Crippen LogP contribution in [0.25, 0.3) is 0 Å². The molecule has 3 heteroatoms. The minimum atomic E-state index is -0.245. The van der Waals surface area contributed by atoms with Gasteiger partial charge in [-0.25, -0.2) is 0 Å². The largest absolute Gasteiger partial charge is 0.272 e. The molecule has 0 saturated heterocycles. The van der Waals surface area contributed by atoms with Gasteiger partial charge in [0.2, 0.25) is 0 Å². The van der Waals surface area contributed by atoms with E-state index in [1.807, 2.05) is 32.1 Å². The van der Waals surface area contributed by atoms with E-state index >= 15 is 0 Å². The lowest BCUT2D eigenvalue weighted by Crippen LogP contribution is -2.42. The van der Waals surface area contributed by atoms with Crippen LogP contribution in [0.15, 0.2) is 54.1 Å². The first-order chi connectivity index (χ1) is 9.61. The molecule has 20 heavy (non-hydrogen) atoms. The lowest BCUT2D eigenvalue weighted by molar-refractivity contribution is -0.125. The Balaban J connectivity index is 2.28. The van der Waals surface area contributed by atoms with Crippen LogP contribution >= 0.6 is 0 Å². The van der Waals surface area contributed by atoms with E-state index in [4.69, 9.17) is 0 Å². The number of hydrogen-bond acceptors (Lipinski definition) is 2. The third-order valence-corrected chi connectivity index (χ3v) is 3.22. The van der Waals surface area contributed by atoms with Crippen molar-refractivity contribution in [3.05, 3.63) is 59.7 Å². The molecule has 0 aliphatic heterocycles. The molecular weight excluding hydrogens is 250 g/mol. The molecular formula is C17H19NO2. The number of amides is 2. The van der Waals surface area contributed by atoms with E-state index in [9.17, 15) is 9.59 Å². The Kier molecular flexibility index (Phi) is 4.51.